The Kier molecular flexibility index (Phi) is 5.67. The summed E-state index contributed by atoms with van der Waals surface area (Å²) in [5, 5.41) is 0. The molecule has 1 aromatic heterocycles. The van der Waals surface area contributed by atoms with Crippen molar-refractivity contribution in [2.24, 2.45) is 0 Å². The van der Waals surface area contributed by atoms with Crippen molar-refractivity contribution in [3.63, 3.8) is 0 Å². The summed E-state index contributed by atoms with van der Waals surface area (Å²) in [6.07, 6.45) is 6.74. The number of aromatic nitrogens is 2. The first-order chi connectivity index (χ1) is 11.3. The molecular weight excluding hydrogens is 292 g/mol. The lowest BCUT2D eigenvalue weighted by Crippen LogP contribution is -2.40. The van der Waals surface area contributed by atoms with Gasteiger partial charge in [-0.1, -0.05) is 19.8 Å². The predicted octanol–water partition coefficient (Wildman–Crippen LogP) is 1.64. The summed E-state index contributed by atoms with van der Waals surface area (Å²) in [4.78, 5) is 21.3. The zero-order chi connectivity index (χ0) is 16.1. The van der Waals surface area contributed by atoms with Gasteiger partial charge in [0.2, 0.25) is 5.91 Å². The third kappa shape index (κ3) is 4.12. The van der Waals surface area contributed by atoms with Gasteiger partial charge in [-0.3, -0.25) is 9.69 Å². The number of fused-ring (bicyclic) bond motifs is 1. The van der Waals surface area contributed by atoms with E-state index in [0.717, 1.165) is 58.0 Å². The van der Waals surface area contributed by atoms with Gasteiger partial charge in [-0.25, -0.2) is 4.98 Å². The third-order valence-electron chi connectivity index (χ3n) is 4.86. The minimum Gasteiger partial charge on any atom is -0.372 e. The maximum Gasteiger partial charge on any atom is 0.236 e. The highest BCUT2D eigenvalue weighted by Crippen LogP contribution is 2.14. The third-order valence-corrected chi connectivity index (χ3v) is 4.86. The van der Waals surface area contributed by atoms with E-state index in [9.17, 15) is 4.79 Å². The SMILES string of the molecule is CCN(CC(=O)N1CCCCCC1)Cc1cnc2n1CCOC2. The molecule has 2 aliphatic rings. The van der Waals surface area contributed by atoms with Crippen molar-refractivity contribution in [2.45, 2.75) is 52.3 Å². The molecule has 1 amide bonds. The molecule has 0 unspecified atom stereocenters. The van der Waals surface area contributed by atoms with Gasteiger partial charge in [0.15, 0.2) is 0 Å². The normalized spacial score (nSPS) is 18.8. The molecule has 2 aliphatic heterocycles. The Morgan fingerprint density at radius 1 is 1.26 bits per heavy atom. The van der Waals surface area contributed by atoms with E-state index in [1.807, 2.05) is 6.20 Å². The van der Waals surface area contributed by atoms with Crippen LogP contribution in [0.15, 0.2) is 6.20 Å². The summed E-state index contributed by atoms with van der Waals surface area (Å²) in [5.41, 5.74) is 1.19. The Labute approximate surface area is 138 Å². The van der Waals surface area contributed by atoms with Gasteiger partial charge in [0.05, 0.1) is 18.8 Å². The molecule has 0 atom stereocenters. The van der Waals surface area contributed by atoms with E-state index in [0.29, 0.717) is 13.2 Å². The van der Waals surface area contributed by atoms with Gasteiger partial charge in [-0.05, 0) is 19.4 Å². The fraction of sp³-hybridized carbons (Fsp3) is 0.765. The molecule has 0 spiro atoms. The van der Waals surface area contributed by atoms with E-state index < -0.39 is 0 Å². The zero-order valence-corrected chi connectivity index (χ0v) is 14.2. The van der Waals surface area contributed by atoms with Gasteiger partial charge < -0.3 is 14.2 Å². The molecule has 1 saturated heterocycles. The van der Waals surface area contributed by atoms with Gasteiger partial charge in [0.1, 0.15) is 12.4 Å². The Balaban J connectivity index is 1.59. The molecule has 0 aromatic carbocycles. The van der Waals surface area contributed by atoms with Crippen LogP contribution in [-0.4, -0.2) is 58.0 Å². The molecule has 6 heteroatoms. The molecule has 0 bridgehead atoms. The first kappa shape index (κ1) is 16.5. The molecule has 128 valence electrons. The monoisotopic (exact) mass is 320 g/mol. The number of hydrogen-bond donors (Lipinski definition) is 0. The molecule has 1 fully saturated rings. The molecule has 0 radical (unpaired) electrons. The standard InChI is InChI=1S/C17H28N4O2/c1-2-19(13-17(22)20-7-5-3-4-6-8-20)12-15-11-18-16-14-23-10-9-21(15)16/h11H,2-10,12-14H2,1H3. The van der Waals surface area contributed by atoms with Crippen molar-refractivity contribution in [2.75, 3.05) is 32.8 Å². The number of amides is 1. The minimum atomic E-state index is 0.274. The summed E-state index contributed by atoms with van der Waals surface area (Å²) in [6, 6.07) is 0. The fourth-order valence-corrected chi connectivity index (χ4v) is 3.41. The largest absolute Gasteiger partial charge is 0.372 e. The molecule has 3 heterocycles. The smallest absolute Gasteiger partial charge is 0.236 e. The highest BCUT2D eigenvalue weighted by atomic mass is 16.5. The van der Waals surface area contributed by atoms with Crippen molar-refractivity contribution < 1.29 is 9.53 Å². The number of ether oxygens (including phenoxy) is 1. The lowest BCUT2D eigenvalue weighted by Gasteiger charge is -2.26. The summed E-state index contributed by atoms with van der Waals surface area (Å²) in [7, 11) is 0. The Morgan fingerprint density at radius 3 is 2.78 bits per heavy atom. The molecule has 0 aliphatic carbocycles. The Bertz CT molecular complexity index is 521. The highest BCUT2D eigenvalue weighted by molar-refractivity contribution is 5.78. The molecular formula is C17H28N4O2. The molecule has 23 heavy (non-hydrogen) atoms. The maximum absolute atomic E-state index is 12.6. The number of nitrogens with zero attached hydrogens (tertiary/aromatic N) is 4. The quantitative estimate of drug-likeness (QED) is 0.827. The lowest BCUT2D eigenvalue weighted by atomic mass is 10.2. The van der Waals surface area contributed by atoms with Gasteiger partial charge in [0.25, 0.3) is 0 Å². The highest BCUT2D eigenvalue weighted by Gasteiger charge is 2.20. The van der Waals surface area contributed by atoms with Crippen molar-refractivity contribution in [1.29, 1.82) is 0 Å². The van der Waals surface area contributed by atoms with E-state index in [1.165, 1.54) is 18.5 Å². The second-order valence-electron chi connectivity index (χ2n) is 6.47. The number of likely N-dealkylation sites (tertiary alicyclic amines) is 1. The fourth-order valence-electron chi connectivity index (χ4n) is 3.41. The van der Waals surface area contributed by atoms with Crippen LogP contribution in [0.3, 0.4) is 0 Å². The van der Waals surface area contributed by atoms with Crippen molar-refractivity contribution in [1.82, 2.24) is 19.4 Å². The second-order valence-corrected chi connectivity index (χ2v) is 6.47. The van der Waals surface area contributed by atoms with Gasteiger partial charge >= 0.3 is 0 Å². The van der Waals surface area contributed by atoms with E-state index in [-0.39, 0.29) is 5.91 Å². The van der Waals surface area contributed by atoms with Crippen LogP contribution in [0, 0.1) is 0 Å². The molecule has 6 nitrogen and oxygen atoms in total. The Hall–Kier alpha value is -1.40. The number of imidazole rings is 1. The van der Waals surface area contributed by atoms with Crippen LogP contribution < -0.4 is 0 Å². The summed E-state index contributed by atoms with van der Waals surface area (Å²) < 4.78 is 7.68. The lowest BCUT2D eigenvalue weighted by molar-refractivity contribution is -0.132. The van der Waals surface area contributed by atoms with Crippen LogP contribution in [0.2, 0.25) is 0 Å². The van der Waals surface area contributed by atoms with E-state index in [4.69, 9.17) is 4.74 Å². The Morgan fingerprint density at radius 2 is 2.04 bits per heavy atom. The minimum absolute atomic E-state index is 0.274. The van der Waals surface area contributed by atoms with Gasteiger partial charge in [-0.2, -0.15) is 0 Å². The maximum atomic E-state index is 12.6. The molecule has 1 aromatic rings. The van der Waals surface area contributed by atoms with Crippen LogP contribution >= 0.6 is 0 Å². The van der Waals surface area contributed by atoms with Crippen LogP contribution in [0.1, 0.15) is 44.1 Å². The molecule has 0 saturated carbocycles. The number of rotatable bonds is 5. The van der Waals surface area contributed by atoms with E-state index in [1.54, 1.807) is 0 Å². The van der Waals surface area contributed by atoms with Crippen molar-refractivity contribution in [3.8, 4) is 0 Å². The number of carbonyl (C=O) groups excluding carboxylic acids is 1. The number of hydrogen-bond acceptors (Lipinski definition) is 4. The summed E-state index contributed by atoms with van der Waals surface area (Å²) >= 11 is 0. The first-order valence-electron chi connectivity index (χ1n) is 8.89. The second kappa shape index (κ2) is 7.93. The van der Waals surface area contributed by atoms with Crippen LogP contribution in [0.4, 0.5) is 0 Å². The first-order valence-corrected chi connectivity index (χ1v) is 8.89. The topological polar surface area (TPSA) is 50.6 Å². The van der Waals surface area contributed by atoms with Gasteiger partial charge in [-0.15, -0.1) is 0 Å². The molecule has 0 N–H and O–H groups in total. The zero-order valence-electron chi connectivity index (χ0n) is 14.2. The van der Waals surface area contributed by atoms with E-state index >= 15 is 0 Å². The summed E-state index contributed by atoms with van der Waals surface area (Å²) in [6.45, 7) is 8.33. The predicted molar refractivity (Wildman–Crippen MR) is 87.9 cm³/mol. The average Bonchev–Trinajstić information content (AvgIpc) is 2.80. The summed E-state index contributed by atoms with van der Waals surface area (Å²) in [5.74, 6) is 1.27. The number of carbonyl (C=O) groups is 1. The average molecular weight is 320 g/mol. The van der Waals surface area contributed by atoms with Crippen LogP contribution in [0.5, 0.6) is 0 Å². The molecule has 3 rings (SSSR count). The van der Waals surface area contributed by atoms with Crippen molar-refractivity contribution >= 4 is 5.91 Å². The van der Waals surface area contributed by atoms with Crippen LogP contribution in [-0.2, 0) is 29.2 Å². The van der Waals surface area contributed by atoms with Crippen LogP contribution in [0.25, 0.3) is 0 Å². The van der Waals surface area contributed by atoms with Crippen molar-refractivity contribution in [3.05, 3.63) is 17.7 Å². The van der Waals surface area contributed by atoms with Gasteiger partial charge in [0, 0.05) is 32.4 Å². The number of likely N-dealkylation sites (N-methyl/N-ethyl adjacent to an activating group) is 1. The van der Waals surface area contributed by atoms with E-state index in [2.05, 4.69) is 26.3 Å².